The molecule has 2 heterocycles. The van der Waals surface area contributed by atoms with Gasteiger partial charge in [-0.05, 0) is 41.6 Å². The lowest BCUT2D eigenvalue weighted by Crippen LogP contribution is -2.44. The first-order chi connectivity index (χ1) is 12.7. The lowest BCUT2D eigenvalue weighted by molar-refractivity contribution is -0.00443. The van der Waals surface area contributed by atoms with E-state index >= 15 is 0 Å². The van der Waals surface area contributed by atoms with Gasteiger partial charge in [0.25, 0.3) is 0 Å². The third-order valence-electron chi connectivity index (χ3n) is 5.48. The molecule has 1 aliphatic rings. The first kappa shape index (κ1) is 17.3. The summed E-state index contributed by atoms with van der Waals surface area (Å²) in [5, 5.41) is 20.7. The van der Waals surface area contributed by atoms with Crippen molar-refractivity contribution in [2.45, 2.75) is 25.6 Å². The van der Waals surface area contributed by atoms with E-state index in [2.05, 4.69) is 64.2 Å². The quantitative estimate of drug-likeness (QED) is 0.744. The Hall–Kier alpha value is -2.14. The van der Waals surface area contributed by atoms with Crippen LogP contribution in [0.3, 0.4) is 0 Å². The number of nitrogens with zero attached hydrogens (tertiary/aromatic N) is 2. The summed E-state index contributed by atoms with van der Waals surface area (Å²) in [6.45, 7) is 3.34. The van der Waals surface area contributed by atoms with Crippen LogP contribution >= 0.6 is 0 Å². The van der Waals surface area contributed by atoms with Crippen molar-refractivity contribution in [3.8, 4) is 0 Å². The number of aliphatic hydroxyl groups is 2. The minimum Gasteiger partial charge on any atom is -0.396 e. The molecular formula is C22H26N2O2. The van der Waals surface area contributed by atoms with E-state index in [1.165, 1.54) is 22.0 Å². The molecule has 136 valence electrons. The maximum Gasteiger partial charge on any atom is 0.0717 e. The van der Waals surface area contributed by atoms with Gasteiger partial charge in [0.2, 0.25) is 0 Å². The highest BCUT2D eigenvalue weighted by Gasteiger charge is 2.26. The van der Waals surface area contributed by atoms with Gasteiger partial charge in [0.1, 0.15) is 0 Å². The molecule has 3 aromatic rings. The topological polar surface area (TPSA) is 48.6 Å². The summed E-state index contributed by atoms with van der Waals surface area (Å²) in [5.74, 6) is 0.0248. The summed E-state index contributed by atoms with van der Waals surface area (Å²) in [6.07, 6.45) is 2.57. The highest BCUT2D eigenvalue weighted by Crippen LogP contribution is 2.23. The monoisotopic (exact) mass is 350 g/mol. The van der Waals surface area contributed by atoms with E-state index in [1.807, 2.05) is 6.07 Å². The van der Waals surface area contributed by atoms with Crippen LogP contribution in [-0.2, 0) is 13.1 Å². The maximum atomic E-state index is 10.2. The van der Waals surface area contributed by atoms with Crippen LogP contribution in [0.1, 0.15) is 17.5 Å². The summed E-state index contributed by atoms with van der Waals surface area (Å²) in [6, 6.07) is 19.3. The second-order valence-electron chi connectivity index (χ2n) is 7.36. The highest BCUT2D eigenvalue weighted by atomic mass is 16.3. The SMILES string of the molecule is OC[C@H]1CCN(Cc2ccc3ccn(Cc4ccccc4)c3c2)C[C@@H]1O. The van der Waals surface area contributed by atoms with Gasteiger partial charge in [-0.15, -0.1) is 0 Å². The van der Waals surface area contributed by atoms with E-state index < -0.39 is 6.10 Å². The Balaban J connectivity index is 1.51. The van der Waals surface area contributed by atoms with Crippen LogP contribution in [0.2, 0.25) is 0 Å². The van der Waals surface area contributed by atoms with Crippen molar-refractivity contribution in [1.29, 1.82) is 0 Å². The fraction of sp³-hybridized carbons (Fsp3) is 0.364. The number of fused-ring (bicyclic) bond motifs is 1. The molecule has 4 nitrogen and oxygen atoms in total. The average Bonchev–Trinajstić information content (AvgIpc) is 3.05. The van der Waals surface area contributed by atoms with E-state index in [1.54, 1.807) is 0 Å². The van der Waals surface area contributed by atoms with Crippen molar-refractivity contribution in [1.82, 2.24) is 9.47 Å². The van der Waals surface area contributed by atoms with E-state index in [9.17, 15) is 10.2 Å². The summed E-state index contributed by atoms with van der Waals surface area (Å²) in [7, 11) is 0. The summed E-state index contributed by atoms with van der Waals surface area (Å²) in [5.41, 5.74) is 3.81. The number of hydrogen-bond acceptors (Lipinski definition) is 3. The molecule has 0 spiro atoms. The van der Waals surface area contributed by atoms with Crippen molar-refractivity contribution < 1.29 is 10.2 Å². The second kappa shape index (κ2) is 7.62. The molecule has 4 rings (SSSR count). The molecule has 0 amide bonds. The molecule has 1 aliphatic heterocycles. The van der Waals surface area contributed by atoms with E-state index in [0.29, 0.717) is 6.54 Å². The molecule has 1 fully saturated rings. The van der Waals surface area contributed by atoms with Gasteiger partial charge in [-0.2, -0.15) is 0 Å². The molecule has 1 saturated heterocycles. The number of aliphatic hydroxyl groups excluding tert-OH is 2. The number of benzene rings is 2. The maximum absolute atomic E-state index is 10.2. The Kier molecular flexibility index (Phi) is 5.07. The predicted octanol–water partition coefficient (Wildman–Crippen LogP) is 2.86. The number of aromatic nitrogens is 1. The average molecular weight is 350 g/mol. The number of rotatable bonds is 5. The smallest absolute Gasteiger partial charge is 0.0717 e. The summed E-state index contributed by atoms with van der Waals surface area (Å²) < 4.78 is 2.29. The molecule has 2 aromatic carbocycles. The van der Waals surface area contributed by atoms with Gasteiger partial charge in [0, 0.05) is 43.9 Å². The molecule has 0 aliphatic carbocycles. The molecular weight excluding hydrogens is 324 g/mol. The van der Waals surface area contributed by atoms with Gasteiger partial charge in [-0.25, -0.2) is 0 Å². The van der Waals surface area contributed by atoms with Crippen LogP contribution in [0.15, 0.2) is 60.8 Å². The third-order valence-corrected chi connectivity index (χ3v) is 5.48. The molecule has 2 atom stereocenters. The molecule has 0 saturated carbocycles. The van der Waals surface area contributed by atoms with Gasteiger partial charge in [-0.3, -0.25) is 4.90 Å². The van der Waals surface area contributed by atoms with Crippen LogP contribution in [0.4, 0.5) is 0 Å². The van der Waals surface area contributed by atoms with Crippen LogP contribution in [-0.4, -0.2) is 45.5 Å². The largest absolute Gasteiger partial charge is 0.396 e. The van der Waals surface area contributed by atoms with Gasteiger partial charge < -0.3 is 14.8 Å². The Labute approximate surface area is 154 Å². The molecule has 0 radical (unpaired) electrons. The van der Waals surface area contributed by atoms with Crippen molar-refractivity contribution >= 4 is 10.9 Å². The zero-order valence-corrected chi connectivity index (χ0v) is 15.0. The number of hydrogen-bond donors (Lipinski definition) is 2. The molecule has 4 heteroatoms. The van der Waals surface area contributed by atoms with Crippen LogP contribution in [0.5, 0.6) is 0 Å². The highest BCUT2D eigenvalue weighted by molar-refractivity contribution is 5.81. The molecule has 26 heavy (non-hydrogen) atoms. The second-order valence-corrected chi connectivity index (χ2v) is 7.36. The number of β-amino-alcohol motifs (C(OH)–C–C–N with tert-alkyl or cyclic N) is 1. The fourth-order valence-electron chi connectivity index (χ4n) is 3.91. The van der Waals surface area contributed by atoms with Crippen LogP contribution in [0.25, 0.3) is 10.9 Å². The Morgan fingerprint density at radius 1 is 0.962 bits per heavy atom. The number of piperidine rings is 1. The predicted molar refractivity (Wildman–Crippen MR) is 104 cm³/mol. The lowest BCUT2D eigenvalue weighted by Gasteiger charge is -2.35. The molecule has 0 bridgehead atoms. The standard InChI is InChI=1S/C22H26N2O2/c25-16-20-8-10-23(15-22(20)26)13-18-6-7-19-9-11-24(21(19)12-18)14-17-4-2-1-3-5-17/h1-7,9,11-12,20,22,25-26H,8,10,13-16H2/t20-,22+/m1/s1. The minimum absolute atomic E-state index is 0.0248. The van der Waals surface area contributed by atoms with E-state index in [4.69, 9.17) is 0 Å². The zero-order chi connectivity index (χ0) is 17.9. The molecule has 0 unspecified atom stereocenters. The fourth-order valence-corrected chi connectivity index (χ4v) is 3.91. The molecule has 2 N–H and O–H groups in total. The van der Waals surface area contributed by atoms with Crippen molar-refractivity contribution in [3.05, 3.63) is 71.9 Å². The molecule has 1 aromatic heterocycles. The minimum atomic E-state index is -0.431. The van der Waals surface area contributed by atoms with Crippen molar-refractivity contribution in [2.75, 3.05) is 19.7 Å². The Morgan fingerprint density at radius 2 is 1.81 bits per heavy atom. The van der Waals surface area contributed by atoms with Crippen molar-refractivity contribution in [2.24, 2.45) is 5.92 Å². The number of likely N-dealkylation sites (tertiary alicyclic amines) is 1. The third kappa shape index (κ3) is 3.68. The summed E-state index contributed by atoms with van der Waals surface area (Å²) in [4.78, 5) is 2.28. The zero-order valence-electron chi connectivity index (χ0n) is 15.0. The lowest BCUT2D eigenvalue weighted by atomic mass is 9.94. The van der Waals surface area contributed by atoms with Gasteiger partial charge in [-0.1, -0.05) is 42.5 Å². The van der Waals surface area contributed by atoms with Gasteiger partial charge in [0.05, 0.1) is 6.10 Å². The van der Waals surface area contributed by atoms with Gasteiger partial charge >= 0.3 is 0 Å². The first-order valence-corrected chi connectivity index (χ1v) is 9.36. The van der Waals surface area contributed by atoms with E-state index in [0.717, 1.165) is 26.1 Å². The van der Waals surface area contributed by atoms with Crippen LogP contribution < -0.4 is 0 Å². The van der Waals surface area contributed by atoms with Crippen molar-refractivity contribution in [3.63, 3.8) is 0 Å². The van der Waals surface area contributed by atoms with Crippen LogP contribution in [0, 0.1) is 5.92 Å². The Bertz CT molecular complexity index is 859. The Morgan fingerprint density at radius 3 is 2.58 bits per heavy atom. The summed E-state index contributed by atoms with van der Waals surface area (Å²) >= 11 is 0. The van der Waals surface area contributed by atoms with E-state index in [-0.39, 0.29) is 12.5 Å². The van der Waals surface area contributed by atoms with Gasteiger partial charge in [0.15, 0.2) is 0 Å². The first-order valence-electron chi connectivity index (χ1n) is 9.36. The normalized spacial score (nSPS) is 21.3.